The summed E-state index contributed by atoms with van der Waals surface area (Å²) < 4.78 is 11.8. The van der Waals surface area contributed by atoms with Gasteiger partial charge >= 0.3 is 0 Å². The van der Waals surface area contributed by atoms with Crippen LogP contribution in [0.1, 0.15) is 41.7 Å². The molecule has 0 aliphatic carbocycles. The highest BCUT2D eigenvalue weighted by Crippen LogP contribution is 2.49. The van der Waals surface area contributed by atoms with Crippen LogP contribution in [0.3, 0.4) is 0 Å². The molecular formula is C22H25NO2. The third-order valence-electron chi connectivity index (χ3n) is 5.23. The number of ether oxygens (including phenoxy) is 2. The van der Waals surface area contributed by atoms with E-state index in [1.807, 2.05) is 12.1 Å². The summed E-state index contributed by atoms with van der Waals surface area (Å²) in [6.45, 7) is 7.23. The molecule has 0 radical (unpaired) electrons. The van der Waals surface area contributed by atoms with Gasteiger partial charge in [-0.1, -0.05) is 42.5 Å². The van der Waals surface area contributed by atoms with Gasteiger partial charge in [-0.05, 0) is 43.5 Å². The topological polar surface area (TPSA) is 30.5 Å². The van der Waals surface area contributed by atoms with Gasteiger partial charge in [0.05, 0.1) is 12.1 Å². The van der Waals surface area contributed by atoms with Gasteiger partial charge in [0.1, 0.15) is 12.4 Å². The van der Waals surface area contributed by atoms with E-state index in [4.69, 9.17) is 9.47 Å². The maximum absolute atomic E-state index is 6.22. The predicted molar refractivity (Wildman–Crippen MR) is 101 cm³/mol. The van der Waals surface area contributed by atoms with Crippen molar-refractivity contribution in [2.45, 2.75) is 31.9 Å². The Morgan fingerprint density at radius 1 is 1.24 bits per heavy atom. The fourth-order valence-electron chi connectivity index (χ4n) is 4.05. The first-order valence-electron chi connectivity index (χ1n) is 9.08. The van der Waals surface area contributed by atoms with Crippen LogP contribution in [0, 0.1) is 12.8 Å². The van der Waals surface area contributed by atoms with Gasteiger partial charge in [0.15, 0.2) is 0 Å². The highest BCUT2D eigenvalue weighted by Gasteiger charge is 2.39. The number of benzene rings is 2. The van der Waals surface area contributed by atoms with E-state index in [9.17, 15) is 0 Å². The molecule has 0 bridgehead atoms. The highest BCUT2D eigenvalue weighted by atomic mass is 16.5. The Balaban J connectivity index is 1.65. The molecule has 3 atom stereocenters. The van der Waals surface area contributed by atoms with E-state index < -0.39 is 0 Å². The number of rotatable bonds is 4. The van der Waals surface area contributed by atoms with Crippen molar-refractivity contribution >= 4 is 5.69 Å². The number of aryl methyl sites for hydroxylation is 1. The number of nitrogens with one attached hydrogen (secondary N) is 1. The molecule has 3 nitrogen and oxygen atoms in total. The van der Waals surface area contributed by atoms with Crippen LogP contribution in [0.2, 0.25) is 0 Å². The summed E-state index contributed by atoms with van der Waals surface area (Å²) in [4.78, 5) is 0. The molecule has 130 valence electrons. The maximum Gasteiger partial charge on any atom is 0.119 e. The van der Waals surface area contributed by atoms with E-state index in [1.165, 1.54) is 28.8 Å². The number of anilines is 1. The van der Waals surface area contributed by atoms with Crippen LogP contribution in [0.25, 0.3) is 0 Å². The second kappa shape index (κ2) is 6.93. The Morgan fingerprint density at radius 2 is 2.08 bits per heavy atom. The molecule has 4 rings (SSSR count). The number of hydrogen-bond donors (Lipinski definition) is 1. The van der Waals surface area contributed by atoms with Gasteiger partial charge in [0.2, 0.25) is 0 Å². The zero-order valence-electron chi connectivity index (χ0n) is 14.7. The third-order valence-corrected chi connectivity index (χ3v) is 5.23. The number of hydrogen-bond acceptors (Lipinski definition) is 3. The monoisotopic (exact) mass is 335 g/mol. The summed E-state index contributed by atoms with van der Waals surface area (Å²) >= 11 is 0. The van der Waals surface area contributed by atoms with Gasteiger partial charge in [0.25, 0.3) is 0 Å². The van der Waals surface area contributed by atoms with Crippen LogP contribution in [0.5, 0.6) is 5.75 Å². The summed E-state index contributed by atoms with van der Waals surface area (Å²) in [5, 5.41) is 3.77. The normalized spacial score (nSPS) is 24.6. The Hall–Kier alpha value is -2.26. The van der Waals surface area contributed by atoms with E-state index in [2.05, 4.69) is 49.2 Å². The lowest BCUT2D eigenvalue weighted by molar-refractivity contribution is -0.0381. The van der Waals surface area contributed by atoms with Crippen molar-refractivity contribution in [1.82, 2.24) is 0 Å². The minimum atomic E-state index is 0.187. The molecule has 2 aliphatic rings. The molecule has 0 amide bonds. The van der Waals surface area contributed by atoms with Crippen molar-refractivity contribution in [3.05, 3.63) is 71.8 Å². The third kappa shape index (κ3) is 3.16. The summed E-state index contributed by atoms with van der Waals surface area (Å²) in [7, 11) is 0. The lowest BCUT2D eigenvalue weighted by Crippen LogP contribution is -2.36. The highest BCUT2D eigenvalue weighted by molar-refractivity contribution is 5.58. The van der Waals surface area contributed by atoms with E-state index in [0.29, 0.717) is 12.5 Å². The van der Waals surface area contributed by atoms with Crippen molar-refractivity contribution in [3.63, 3.8) is 0 Å². The summed E-state index contributed by atoms with van der Waals surface area (Å²) in [5.74, 6) is 1.34. The van der Waals surface area contributed by atoms with Crippen molar-refractivity contribution in [2.75, 3.05) is 18.5 Å². The molecule has 2 heterocycles. The minimum absolute atomic E-state index is 0.187. The quantitative estimate of drug-likeness (QED) is 0.780. The first-order valence-corrected chi connectivity index (χ1v) is 9.08. The number of fused-ring (bicyclic) bond motifs is 3. The second-order valence-electron chi connectivity index (χ2n) is 6.98. The van der Waals surface area contributed by atoms with Gasteiger partial charge in [-0.2, -0.15) is 0 Å². The Labute approximate surface area is 149 Å². The second-order valence-corrected chi connectivity index (χ2v) is 6.98. The summed E-state index contributed by atoms with van der Waals surface area (Å²) in [6, 6.07) is 15.3. The molecule has 1 N–H and O–H groups in total. The zero-order chi connectivity index (χ0) is 17.2. The van der Waals surface area contributed by atoms with E-state index in [1.54, 1.807) is 6.08 Å². The van der Waals surface area contributed by atoms with Crippen LogP contribution in [-0.4, -0.2) is 13.2 Å². The van der Waals surface area contributed by atoms with Crippen molar-refractivity contribution < 1.29 is 9.47 Å². The van der Waals surface area contributed by atoms with E-state index in [0.717, 1.165) is 18.8 Å². The molecule has 2 aromatic carbocycles. The Morgan fingerprint density at radius 3 is 2.88 bits per heavy atom. The van der Waals surface area contributed by atoms with Gasteiger partial charge in [-0.15, -0.1) is 0 Å². The Bertz CT molecular complexity index is 753. The fourth-order valence-corrected chi connectivity index (χ4v) is 4.05. The molecule has 1 saturated heterocycles. The van der Waals surface area contributed by atoms with Crippen molar-refractivity contribution in [2.24, 2.45) is 5.92 Å². The molecule has 0 aromatic heterocycles. The minimum Gasteiger partial charge on any atom is -0.490 e. The van der Waals surface area contributed by atoms with Crippen LogP contribution in [0.15, 0.2) is 55.1 Å². The largest absolute Gasteiger partial charge is 0.490 e. The lowest BCUT2D eigenvalue weighted by Gasteiger charge is -2.43. The smallest absolute Gasteiger partial charge is 0.119 e. The molecule has 2 aromatic rings. The molecule has 3 heteroatoms. The average Bonchev–Trinajstić information content (AvgIpc) is 2.66. The van der Waals surface area contributed by atoms with Gasteiger partial charge in [-0.3, -0.25) is 0 Å². The molecule has 0 unspecified atom stereocenters. The van der Waals surface area contributed by atoms with Crippen LogP contribution < -0.4 is 10.1 Å². The standard InChI is InChI=1S/C22H25NO2/c1-3-12-24-17-9-7-16(8-10-17)21-18-5-4-13-25-22(18)19-14-15(2)6-11-20(19)23-21/h3,6-11,14,18,21-23H,1,4-5,12-13H2,2H3/t18-,21+,22-/m0/s1. The molecule has 1 fully saturated rings. The first kappa shape index (κ1) is 16.2. The maximum atomic E-state index is 6.22. The van der Waals surface area contributed by atoms with E-state index in [-0.39, 0.29) is 12.1 Å². The molecule has 2 aliphatic heterocycles. The molecule has 0 saturated carbocycles. The molecular weight excluding hydrogens is 310 g/mol. The van der Waals surface area contributed by atoms with Gasteiger partial charge in [0, 0.05) is 23.8 Å². The van der Waals surface area contributed by atoms with Crippen molar-refractivity contribution in [3.8, 4) is 5.75 Å². The predicted octanol–water partition coefficient (Wildman–Crippen LogP) is 5.19. The average molecular weight is 335 g/mol. The summed E-state index contributed by atoms with van der Waals surface area (Å²) in [6.07, 6.45) is 4.26. The Kier molecular flexibility index (Phi) is 4.50. The van der Waals surface area contributed by atoms with Gasteiger partial charge < -0.3 is 14.8 Å². The summed E-state index contributed by atoms with van der Waals surface area (Å²) in [5.41, 5.74) is 5.09. The van der Waals surface area contributed by atoms with Crippen LogP contribution >= 0.6 is 0 Å². The lowest BCUT2D eigenvalue weighted by atomic mass is 9.77. The van der Waals surface area contributed by atoms with Crippen LogP contribution in [-0.2, 0) is 4.74 Å². The van der Waals surface area contributed by atoms with Crippen LogP contribution in [0.4, 0.5) is 5.69 Å². The SMILES string of the molecule is C=CCOc1ccc([C@H]2Nc3ccc(C)cc3[C@H]3OCCC[C@@H]23)cc1. The molecule has 25 heavy (non-hydrogen) atoms. The van der Waals surface area contributed by atoms with E-state index >= 15 is 0 Å². The van der Waals surface area contributed by atoms with Gasteiger partial charge in [-0.25, -0.2) is 0 Å². The fraction of sp³-hybridized carbons (Fsp3) is 0.364. The zero-order valence-corrected chi connectivity index (χ0v) is 14.7. The first-order chi connectivity index (χ1) is 12.3. The molecule has 0 spiro atoms. The van der Waals surface area contributed by atoms with Crippen molar-refractivity contribution in [1.29, 1.82) is 0 Å².